The van der Waals surface area contributed by atoms with Gasteiger partial charge in [0.25, 0.3) is 5.69 Å². The fraction of sp³-hybridized carbons (Fsp3) is 0.462. The molecule has 0 radical (unpaired) electrons. The molecule has 1 atom stereocenters. The molecule has 1 aromatic carbocycles. The SMILES string of the molecule is COC(=O)c1ccc([N+](=O)[O-])c(N2CCCC2CO)c1. The topological polar surface area (TPSA) is 92.9 Å². The molecule has 1 aliphatic heterocycles. The van der Waals surface area contributed by atoms with Crippen LogP contribution in [-0.4, -0.2) is 42.3 Å². The van der Waals surface area contributed by atoms with Crippen LogP contribution in [0.2, 0.25) is 0 Å². The summed E-state index contributed by atoms with van der Waals surface area (Å²) in [5.74, 6) is -0.541. The number of nitro benzene ring substituents is 1. The van der Waals surface area contributed by atoms with Crippen LogP contribution in [-0.2, 0) is 4.74 Å². The average molecular weight is 280 g/mol. The van der Waals surface area contributed by atoms with Gasteiger partial charge in [0, 0.05) is 12.6 Å². The molecular weight excluding hydrogens is 264 g/mol. The summed E-state index contributed by atoms with van der Waals surface area (Å²) in [5.41, 5.74) is 0.546. The van der Waals surface area contributed by atoms with E-state index >= 15 is 0 Å². The van der Waals surface area contributed by atoms with Crippen molar-refractivity contribution >= 4 is 17.3 Å². The second-order valence-corrected chi connectivity index (χ2v) is 4.62. The summed E-state index contributed by atoms with van der Waals surface area (Å²) in [6.45, 7) is 0.552. The van der Waals surface area contributed by atoms with Crippen LogP contribution in [0.5, 0.6) is 0 Å². The van der Waals surface area contributed by atoms with Crippen molar-refractivity contribution in [2.45, 2.75) is 18.9 Å². The Balaban J connectivity index is 2.46. The highest BCUT2D eigenvalue weighted by atomic mass is 16.6. The number of hydrogen-bond donors (Lipinski definition) is 1. The molecule has 1 unspecified atom stereocenters. The number of rotatable bonds is 4. The molecule has 1 saturated heterocycles. The Morgan fingerprint density at radius 3 is 2.95 bits per heavy atom. The van der Waals surface area contributed by atoms with Gasteiger partial charge in [-0.25, -0.2) is 4.79 Å². The van der Waals surface area contributed by atoms with Crippen molar-refractivity contribution < 1.29 is 19.6 Å². The fourth-order valence-electron chi connectivity index (χ4n) is 2.50. The van der Waals surface area contributed by atoms with Crippen molar-refractivity contribution in [3.05, 3.63) is 33.9 Å². The van der Waals surface area contributed by atoms with E-state index in [9.17, 15) is 20.0 Å². The number of carbonyl (C=O) groups is 1. The minimum atomic E-state index is -0.541. The zero-order chi connectivity index (χ0) is 14.7. The standard InChI is InChI=1S/C13H16N2O5/c1-20-13(17)9-4-5-11(15(18)19)12(7-9)14-6-2-3-10(14)8-16/h4-5,7,10,16H,2-3,6,8H2,1H3. The number of ether oxygens (including phenoxy) is 1. The normalized spacial score (nSPS) is 18.1. The average Bonchev–Trinajstić information content (AvgIpc) is 2.93. The number of methoxy groups -OCH3 is 1. The Bertz CT molecular complexity index is 531. The van der Waals surface area contributed by atoms with Gasteiger partial charge in [0.1, 0.15) is 5.69 Å². The molecule has 7 heteroatoms. The van der Waals surface area contributed by atoms with Crippen LogP contribution < -0.4 is 4.90 Å². The summed E-state index contributed by atoms with van der Waals surface area (Å²) in [6.07, 6.45) is 1.63. The third kappa shape index (κ3) is 2.57. The molecule has 1 heterocycles. The fourth-order valence-corrected chi connectivity index (χ4v) is 2.50. The third-order valence-corrected chi connectivity index (χ3v) is 3.49. The van der Waals surface area contributed by atoms with Gasteiger partial charge in [0.2, 0.25) is 0 Å². The van der Waals surface area contributed by atoms with Crippen molar-refractivity contribution in [1.29, 1.82) is 0 Å². The van der Waals surface area contributed by atoms with Crippen molar-refractivity contribution in [1.82, 2.24) is 0 Å². The molecular formula is C13H16N2O5. The number of nitro groups is 1. The van der Waals surface area contributed by atoms with E-state index in [2.05, 4.69) is 4.74 Å². The van der Waals surface area contributed by atoms with Crippen LogP contribution in [0.4, 0.5) is 11.4 Å². The van der Waals surface area contributed by atoms with Gasteiger partial charge in [0.05, 0.1) is 30.2 Å². The van der Waals surface area contributed by atoms with E-state index in [1.165, 1.54) is 25.3 Å². The summed E-state index contributed by atoms with van der Waals surface area (Å²) in [4.78, 5) is 24.0. The van der Waals surface area contributed by atoms with Gasteiger partial charge >= 0.3 is 5.97 Å². The highest BCUT2D eigenvalue weighted by Gasteiger charge is 2.30. The number of hydrogen-bond acceptors (Lipinski definition) is 6. The van der Waals surface area contributed by atoms with Crippen molar-refractivity contribution in [3.8, 4) is 0 Å². The van der Waals surface area contributed by atoms with E-state index in [1.807, 2.05) is 0 Å². The summed E-state index contributed by atoms with van der Waals surface area (Å²) in [6, 6.07) is 3.98. The minimum Gasteiger partial charge on any atom is -0.465 e. The summed E-state index contributed by atoms with van der Waals surface area (Å²) in [5, 5.41) is 20.5. The van der Waals surface area contributed by atoms with E-state index < -0.39 is 10.9 Å². The van der Waals surface area contributed by atoms with Gasteiger partial charge < -0.3 is 14.7 Å². The van der Waals surface area contributed by atoms with Crippen molar-refractivity contribution in [2.75, 3.05) is 25.2 Å². The third-order valence-electron chi connectivity index (χ3n) is 3.49. The van der Waals surface area contributed by atoms with Crippen LogP contribution in [0, 0.1) is 10.1 Å². The number of carbonyl (C=O) groups excluding carboxylic acids is 1. The Hall–Kier alpha value is -2.15. The molecule has 2 rings (SSSR count). The Morgan fingerprint density at radius 1 is 1.60 bits per heavy atom. The van der Waals surface area contributed by atoms with Crippen LogP contribution in [0.3, 0.4) is 0 Å². The van der Waals surface area contributed by atoms with Crippen molar-refractivity contribution in [3.63, 3.8) is 0 Å². The van der Waals surface area contributed by atoms with E-state index in [-0.39, 0.29) is 23.9 Å². The molecule has 1 aliphatic rings. The first kappa shape index (κ1) is 14.3. The van der Waals surface area contributed by atoms with Gasteiger partial charge in [0.15, 0.2) is 0 Å². The van der Waals surface area contributed by atoms with Gasteiger partial charge in [-0.1, -0.05) is 0 Å². The number of nitrogens with zero attached hydrogens (tertiary/aromatic N) is 2. The Morgan fingerprint density at radius 2 is 2.35 bits per heavy atom. The molecule has 7 nitrogen and oxygen atoms in total. The molecule has 0 aliphatic carbocycles. The summed E-state index contributed by atoms with van der Waals surface area (Å²) >= 11 is 0. The lowest BCUT2D eigenvalue weighted by Gasteiger charge is -2.25. The lowest BCUT2D eigenvalue weighted by Crippen LogP contribution is -2.32. The Kier molecular flexibility index (Phi) is 4.19. The number of aliphatic hydroxyl groups is 1. The summed E-state index contributed by atoms with van der Waals surface area (Å²) in [7, 11) is 1.26. The molecule has 0 saturated carbocycles. The van der Waals surface area contributed by atoms with Gasteiger partial charge in [-0.05, 0) is 25.0 Å². The highest BCUT2D eigenvalue weighted by molar-refractivity contribution is 5.91. The van der Waals surface area contributed by atoms with E-state index in [0.717, 1.165) is 12.8 Å². The molecule has 1 N–H and O–H groups in total. The largest absolute Gasteiger partial charge is 0.465 e. The number of aliphatic hydroxyl groups excluding tert-OH is 1. The van der Waals surface area contributed by atoms with E-state index in [4.69, 9.17) is 0 Å². The molecule has 0 amide bonds. The molecule has 0 aromatic heterocycles. The van der Waals surface area contributed by atoms with E-state index in [1.54, 1.807) is 4.90 Å². The van der Waals surface area contributed by atoms with Crippen LogP contribution in [0.1, 0.15) is 23.2 Å². The predicted molar refractivity (Wildman–Crippen MR) is 71.9 cm³/mol. The van der Waals surface area contributed by atoms with Gasteiger partial charge in [-0.15, -0.1) is 0 Å². The minimum absolute atomic E-state index is 0.0698. The zero-order valence-electron chi connectivity index (χ0n) is 11.1. The van der Waals surface area contributed by atoms with Crippen LogP contribution in [0.15, 0.2) is 18.2 Å². The number of benzene rings is 1. The lowest BCUT2D eigenvalue weighted by molar-refractivity contribution is -0.384. The maximum atomic E-state index is 11.6. The van der Waals surface area contributed by atoms with Crippen LogP contribution in [0.25, 0.3) is 0 Å². The van der Waals surface area contributed by atoms with Gasteiger partial charge in [-0.2, -0.15) is 0 Å². The maximum Gasteiger partial charge on any atom is 0.337 e. The first-order valence-electron chi connectivity index (χ1n) is 6.32. The first-order chi connectivity index (χ1) is 9.58. The molecule has 1 fully saturated rings. The zero-order valence-corrected chi connectivity index (χ0v) is 11.1. The smallest absolute Gasteiger partial charge is 0.337 e. The van der Waals surface area contributed by atoms with Gasteiger partial charge in [-0.3, -0.25) is 10.1 Å². The van der Waals surface area contributed by atoms with Crippen molar-refractivity contribution in [2.24, 2.45) is 0 Å². The number of esters is 1. The lowest BCUT2D eigenvalue weighted by atomic mass is 10.1. The summed E-state index contributed by atoms with van der Waals surface area (Å²) < 4.78 is 4.63. The second kappa shape index (κ2) is 5.87. The number of anilines is 1. The molecule has 20 heavy (non-hydrogen) atoms. The molecule has 0 spiro atoms. The quantitative estimate of drug-likeness (QED) is 0.508. The monoisotopic (exact) mass is 280 g/mol. The predicted octanol–water partition coefficient (Wildman–Crippen LogP) is 1.34. The first-order valence-corrected chi connectivity index (χ1v) is 6.32. The second-order valence-electron chi connectivity index (χ2n) is 4.62. The molecule has 1 aromatic rings. The molecule has 0 bridgehead atoms. The highest BCUT2D eigenvalue weighted by Crippen LogP contribution is 2.34. The Labute approximate surface area is 115 Å². The van der Waals surface area contributed by atoms with E-state index in [0.29, 0.717) is 12.2 Å². The van der Waals surface area contributed by atoms with Crippen LogP contribution >= 0.6 is 0 Å². The maximum absolute atomic E-state index is 11.6. The molecule has 108 valence electrons.